The van der Waals surface area contributed by atoms with Crippen LogP contribution in [0.4, 0.5) is 0 Å². The first-order chi connectivity index (χ1) is 50.0. The molecule has 13 aromatic carbocycles. The average Bonchev–Trinajstić information content (AvgIpc) is 1.48. The number of hydrogen-bond acceptors (Lipinski definition) is 11. The fraction of sp³-hybridized carbons (Fsp3) is 0.0778. The van der Waals surface area contributed by atoms with Crippen molar-refractivity contribution >= 4 is 111 Å². The van der Waals surface area contributed by atoms with E-state index < -0.39 is 0 Å². The predicted molar refractivity (Wildman–Crippen MR) is 425 cm³/mol. The minimum atomic E-state index is -0.379. The van der Waals surface area contributed by atoms with Gasteiger partial charge in [-0.1, -0.05) is 299 Å². The summed E-state index contributed by atoms with van der Waals surface area (Å²) in [6, 6.07) is 104. The first-order valence-corrected chi connectivity index (χ1v) is 34.4. The number of benzene rings is 13. The van der Waals surface area contributed by atoms with Crippen LogP contribution in [0.5, 0.6) is 0 Å². The molecule has 1 saturated heterocycles. The normalized spacial score (nSPS) is 13.1. The van der Waals surface area contributed by atoms with Crippen molar-refractivity contribution in [2.24, 2.45) is 0 Å². The molecule has 0 spiro atoms. The third-order valence-corrected chi connectivity index (χ3v) is 19.7. The molecule has 103 heavy (non-hydrogen) atoms. The summed E-state index contributed by atoms with van der Waals surface area (Å²) in [6.07, 6.45) is 1.69. The van der Waals surface area contributed by atoms with E-state index in [9.17, 15) is 0 Å². The van der Waals surface area contributed by atoms with Crippen LogP contribution in [0, 0.1) is 0 Å². The van der Waals surface area contributed by atoms with Crippen molar-refractivity contribution in [1.82, 2.24) is 44.9 Å². The third-order valence-electron chi connectivity index (χ3n) is 19.5. The highest BCUT2D eigenvalue weighted by Gasteiger charge is 2.51. The lowest BCUT2D eigenvalue weighted by atomic mass is 9.78. The molecular formula is C90H67BClN9O2. The Morgan fingerprint density at radius 2 is 0.563 bits per heavy atom. The van der Waals surface area contributed by atoms with Gasteiger partial charge in [-0.15, -0.1) is 0 Å². The van der Waals surface area contributed by atoms with Crippen molar-refractivity contribution in [1.29, 1.82) is 0 Å². The van der Waals surface area contributed by atoms with Crippen molar-refractivity contribution in [3.63, 3.8) is 0 Å². The number of nitrogens with zero attached hydrogens (tertiary/aromatic N) is 9. The van der Waals surface area contributed by atoms with Crippen LogP contribution < -0.4 is 5.46 Å². The molecule has 19 rings (SSSR count). The van der Waals surface area contributed by atoms with Gasteiger partial charge in [0, 0.05) is 71.9 Å². The van der Waals surface area contributed by atoms with Gasteiger partial charge in [0.05, 0.1) is 33.6 Å². The lowest BCUT2D eigenvalue weighted by Crippen LogP contribution is -2.41. The smallest absolute Gasteiger partial charge is 0.399 e. The third kappa shape index (κ3) is 12.3. The number of halogens is 1. The second kappa shape index (κ2) is 27.3. The lowest BCUT2D eigenvalue weighted by molar-refractivity contribution is 0.00578. The van der Waals surface area contributed by atoms with Gasteiger partial charge in [0.1, 0.15) is 5.69 Å². The van der Waals surface area contributed by atoms with Crippen LogP contribution in [0.1, 0.15) is 35.1 Å². The monoisotopic (exact) mass is 1350 g/mol. The van der Waals surface area contributed by atoms with Crippen LogP contribution >= 0.6 is 11.6 Å². The summed E-state index contributed by atoms with van der Waals surface area (Å²) in [4.78, 5) is 42.3. The van der Waals surface area contributed by atoms with Crippen LogP contribution in [0.3, 0.4) is 0 Å². The van der Waals surface area contributed by atoms with E-state index in [1.807, 2.05) is 109 Å². The van der Waals surface area contributed by atoms with Gasteiger partial charge in [0.25, 0.3) is 0 Å². The molecule has 0 saturated carbocycles. The maximum atomic E-state index is 6.27. The maximum Gasteiger partial charge on any atom is 0.494 e. The van der Waals surface area contributed by atoms with Gasteiger partial charge in [0.15, 0.2) is 29.1 Å². The highest BCUT2D eigenvalue weighted by Crippen LogP contribution is 2.44. The van der Waals surface area contributed by atoms with Crippen LogP contribution in [0.15, 0.2) is 310 Å². The van der Waals surface area contributed by atoms with Gasteiger partial charge >= 0.3 is 7.12 Å². The van der Waals surface area contributed by atoms with Crippen molar-refractivity contribution in [2.75, 3.05) is 0 Å². The Bertz CT molecular complexity index is 6080. The Morgan fingerprint density at radius 3 is 0.961 bits per heavy atom. The SMILES string of the molecule is C.CC1(C)OB(c2ccc(-c3nc4c5ccccc5c5ccccc5c4c4ccccc34)cc2)OC1(C)C.Clc1nc(-c2ccccc2)nc(-c2ccccn2)n1.c1ccc(-c2nc(-c3ccccc3)nc(-c3ccc(-c4nc5c6ccccc6c6ccccc6c5c5ccccc45)cc3)n2)cc1. The number of rotatable bonds is 8. The van der Waals surface area contributed by atoms with E-state index in [0.29, 0.717) is 34.8 Å². The molecule has 0 radical (unpaired) electrons. The standard InChI is InChI=1S/C42H26N4.C33H28BNO2.C14H9ClN4.CH4/c1-3-13-28(14-4-1)40-44-41(29-15-5-2-6-16-29)46-42(45-40)30-25-23-27(24-26-30)38-36-22-12-10-20-34(36)37-33-19-9-7-17-31(33)32-18-8-11-21-35(32)39(37)43-38;1-32(2)33(3,4)37-34(36-32)22-19-17-21(18-20-22)30-28-16-10-8-14-26(28)29-25-13-7-5-11-23(25)24-12-6-9-15-27(24)31(29)35-30;15-14-18-12(10-6-2-1-3-7-10)17-13(19-14)11-8-4-5-9-16-11;/h1-26H;5-20H,1-4H3;1-9H;1H4. The molecule has 0 aliphatic carbocycles. The number of pyridine rings is 3. The molecule has 0 N–H and O–H groups in total. The number of fused-ring (bicyclic) bond motifs is 16. The van der Waals surface area contributed by atoms with Gasteiger partial charge < -0.3 is 9.31 Å². The minimum absolute atomic E-state index is 0. The Labute approximate surface area is 601 Å². The summed E-state index contributed by atoms with van der Waals surface area (Å²) in [5.41, 5.74) is 10.8. The van der Waals surface area contributed by atoms with Crippen molar-refractivity contribution in [3.8, 4) is 79.6 Å². The van der Waals surface area contributed by atoms with E-state index in [2.05, 4.69) is 242 Å². The molecule has 0 amide bonds. The lowest BCUT2D eigenvalue weighted by Gasteiger charge is -2.32. The zero-order valence-corrected chi connectivity index (χ0v) is 57.0. The molecule has 1 aliphatic heterocycles. The molecule has 5 aromatic heterocycles. The molecule has 1 fully saturated rings. The molecule has 0 bridgehead atoms. The van der Waals surface area contributed by atoms with Crippen molar-refractivity contribution in [2.45, 2.75) is 46.3 Å². The van der Waals surface area contributed by atoms with E-state index in [1.165, 1.54) is 59.2 Å². The Morgan fingerprint density at radius 1 is 0.272 bits per heavy atom. The van der Waals surface area contributed by atoms with Crippen molar-refractivity contribution < 1.29 is 9.31 Å². The summed E-state index contributed by atoms with van der Waals surface area (Å²) in [6.45, 7) is 8.34. The fourth-order valence-corrected chi connectivity index (χ4v) is 14.0. The number of aromatic nitrogens is 9. The molecule has 494 valence electrons. The van der Waals surface area contributed by atoms with Gasteiger partial charge in [-0.25, -0.2) is 29.9 Å². The molecule has 11 nitrogen and oxygen atoms in total. The molecule has 6 heterocycles. The van der Waals surface area contributed by atoms with E-state index in [-0.39, 0.29) is 31.0 Å². The summed E-state index contributed by atoms with van der Waals surface area (Å²) in [5.74, 6) is 2.94. The van der Waals surface area contributed by atoms with Gasteiger partial charge in [-0.05, 0) is 100.0 Å². The van der Waals surface area contributed by atoms with E-state index in [0.717, 1.165) is 77.4 Å². The molecule has 13 heteroatoms. The second-order valence-electron chi connectivity index (χ2n) is 26.3. The van der Waals surface area contributed by atoms with E-state index in [1.54, 1.807) is 6.20 Å². The first-order valence-electron chi connectivity index (χ1n) is 34.0. The Hall–Kier alpha value is -12.3. The molecule has 1 aliphatic rings. The molecule has 18 aromatic rings. The highest BCUT2D eigenvalue weighted by molar-refractivity contribution is 6.62. The highest BCUT2D eigenvalue weighted by atomic mass is 35.5. The molecule has 0 atom stereocenters. The van der Waals surface area contributed by atoms with Crippen molar-refractivity contribution in [3.05, 3.63) is 315 Å². The Kier molecular flexibility index (Phi) is 17.3. The zero-order chi connectivity index (χ0) is 68.9. The molecule has 0 unspecified atom stereocenters. The fourth-order valence-electron chi connectivity index (χ4n) is 13.8. The average molecular weight is 1350 g/mol. The van der Waals surface area contributed by atoms with Gasteiger partial charge in [0.2, 0.25) is 5.28 Å². The maximum absolute atomic E-state index is 6.27. The number of hydrogen-bond donors (Lipinski definition) is 0. The van der Waals surface area contributed by atoms with Crippen LogP contribution in [0.2, 0.25) is 5.28 Å². The summed E-state index contributed by atoms with van der Waals surface area (Å²) >= 11 is 5.96. The summed E-state index contributed by atoms with van der Waals surface area (Å²) in [7, 11) is -0.379. The quantitative estimate of drug-likeness (QED) is 0.106. The summed E-state index contributed by atoms with van der Waals surface area (Å²) < 4.78 is 12.5. The molecular weight excluding hydrogens is 1290 g/mol. The zero-order valence-electron chi connectivity index (χ0n) is 56.2. The van der Waals surface area contributed by atoms with Gasteiger partial charge in [-0.2, -0.15) is 9.97 Å². The largest absolute Gasteiger partial charge is 0.494 e. The topological polar surface area (TPSA) is 134 Å². The first kappa shape index (κ1) is 65.3. The van der Waals surface area contributed by atoms with Crippen LogP contribution in [-0.4, -0.2) is 63.2 Å². The van der Waals surface area contributed by atoms with E-state index >= 15 is 0 Å². The Balaban J connectivity index is 0.000000128. The van der Waals surface area contributed by atoms with Crippen LogP contribution in [-0.2, 0) is 9.31 Å². The minimum Gasteiger partial charge on any atom is -0.399 e. The second-order valence-corrected chi connectivity index (χ2v) is 26.6. The van der Waals surface area contributed by atoms with E-state index in [4.69, 9.17) is 45.8 Å². The van der Waals surface area contributed by atoms with Gasteiger partial charge in [-0.3, -0.25) is 4.98 Å². The summed E-state index contributed by atoms with van der Waals surface area (Å²) in [5, 5.41) is 17.0. The predicted octanol–water partition coefficient (Wildman–Crippen LogP) is 22.1. The van der Waals surface area contributed by atoms with Crippen LogP contribution in [0.25, 0.3) is 166 Å².